The average molecular weight is 259 g/mol. The normalized spacial score (nSPS) is 9.95. The molecule has 6 nitrogen and oxygen atoms in total. The van der Waals surface area contributed by atoms with E-state index >= 15 is 0 Å². The number of hydrogen-bond donors (Lipinski definition) is 1. The van der Waals surface area contributed by atoms with E-state index in [0.29, 0.717) is 17.3 Å². The van der Waals surface area contributed by atoms with E-state index in [4.69, 9.17) is 15.2 Å². The number of hydrogen-bond acceptors (Lipinski definition) is 6. The van der Waals surface area contributed by atoms with Gasteiger partial charge in [-0.05, 0) is 18.2 Å². The largest absolute Gasteiger partial charge is 0.481 e. The highest BCUT2D eigenvalue weighted by atomic mass is 16.5. The molecule has 19 heavy (non-hydrogen) atoms. The summed E-state index contributed by atoms with van der Waals surface area (Å²) in [5.74, 6) is -0.0521. The fourth-order valence-corrected chi connectivity index (χ4v) is 1.39. The van der Waals surface area contributed by atoms with E-state index in [9.17, 15) is 4.79 Å². The lowest BCUT2D eigenvalue weighted by Gasteiger charge is -2.05. The van der Waals surface area contributed by atoms with Crippen molar-refractivity contribution in [2.24, 2.45) is 0 Å². The quantitative estimate of drug-likeness (QED) is 0.835. The second-order valence-corrected chi connectivity index (χ2v) is 3.72. The van der Waals surface area contributed by atoms with Crippen LogP contribution >= 0.6 is 0 Å². The first kappa shape index (κ1) is 12.8. The SMILES string of the molecule is COc1cccc(COC(=O)c2ccc(N)cn2)n1. The summed E-state index contributed by atoms with van der Waals surface area (Å²) in [5.41, 5.74) is 6.78. The van der Waals surface area contributed by atoms with Crippen LogP contribution in [0.1, 0.15) is 16.2 Å². The third-order valence-corrected chi connectivity index (χ3v) is 2.34. The van der Waals surface area contributed by atoms with Gasteiger partial charge in [0.05, 0.1) is 24.7 Å². The molecule has 0 aliphatic carbocycles. The van der Waals surface area contributed by atoms with Gasteiger partial charge in [0.25, 0.3) is 0 Å². The predicted molar refractivity (Wildman–Crippen MR) is 68.6 cm³/mol. The molecule has 2 aromatic heterocycles. The zero-order chi connectivity index (χ0) is 13.7. The molecule has 0 bridgehead atoms. The van der Waals surface area contributed by atoms with Crippen molar-refractivity contribution in [2.75, 3.05) is 12.8 Å². The molecule has 0 saturated carbocycles. The van der Waals surface area contributed by atoms with E-state index in [1.54, 1.807) is 24.3 Å². The molecule has 0 spiro atoms. The van der Waals surface area contributed by atoms with Gasteiger partial charge in [-0.1, -0.05) is 6.07 Å². The van der Waals surface area contributed by atoms with Crippen LogP contribution in [0.2, 0.25) is 0 Å². The summed E-state index contributed by atoms with van der Waals surface area (Å²) in [6.45, 7) is 0.0576. The van der Waals surface area contributed by atoms with Crippen LogP contribution in [0, 0.1) is 0 Å². The summed E-state index contributed by atoms with van der Waals surface area (Å²) in [5, 5.41) is 0. The van der Waals surface area contributed by atoms with Gasteiger partial charge in [0.1, 0.15) is 12.3 Å². The maximum Gasteiger partial charge on any atom is 0.357 e. The minimum absolute atomic E-state index is 0.0576. The number of carbonyl (C=O) groups is 1. The highest BCUT2D eigenvalue weighted by Gasteiger charge is 2.09. The molecule has 6 heteroatoms. The van der Waals surface area contributed by atoms with Crippen LogP contribution in [-0.4, -0.2) is 23.0 Å². The van der Waals surface area contributed by atoms with Gasteiger partial charge in [-0.3, -0.25) is 0 Å². The molecular formula is C13H13N3O3. The van der Waals surface area contributed by atoms with E-state index in [0.717, 1.165) is 0 Å². The summed E-state index contributed by atoms with van der Waals surface area (Å²) in [7, 11) is 1.52. The molecule has 98 valence electrons. The zero-order valence-corrected chi connectivity index (χ0v) is 10.4. The van der Waals surface area contributed by atoms with Gasteiger partial charge in [0.2, 0.25) is 5.88 Å². The average Bonchev–Trinajstić information content (AvgIpc) is 2.46. The molecule has 0 radical (unpaired) electrons. The van der Waals surface area contributed by atoms with Crippen LogP contribution in [0.3, 0.4) is 0 Å². The van der Waals surface area contributed by atoms with Crippen LogP contribution in [0.5, 0.6) is 5.88 Å². The number of aromatic nitrogens is 2. The smallest absolute Gasteiger partial charge is 0.357 e. The minimum Gasteiger partial charge on any atom is -0.481 e. The number of nitrogen functional groups attached to an aromatic ring is 1. The molecule has 2 aromatic rings. The first-order valence-corrected chi connectivity index (χ1v) is 5.57. The van der Waals surface area contributed by atoms with Gasteiger partial charge >= 0.3 is 5.97 Å². The third-order valence-electron chi connectivity index (χ3n) is 2.34. The second-order valence-electron chi connectivity index (χ2n) is 3.72. The second kappa shape index (κ2) is 5.81. The van der Waals surface area contributed by atoms with Crippen molar-refractivity contribution in [2.45, 2.75) is 6.61 Å². The maximum atomic E-state index is 11.7. The van der Waals surface area contributed by atoms with Crippen LogP contribution in [0.15, 0.2) is 36.5 Å². The van der Waals surface area contributed by atoms with E-state index < -0.39 is 5.97 Å². The van der Waals surface area contributed by atoms with Gasteiger partial charge in [0, 0.05) is 6.07 Å². The monoisotopic (exact) mass is 259 g/mol. The number of methoxy groups -OCH3 is 1. The Morgan fingerprint density at radius 1 is 1.32 bits per heavy atom. The predicted octanol–water partition coefficient (Wildman–Crippen LogP) is 1.42. The van der Waals surface area contributed by atoms with E-state index in [1.165, 1.54) is 19.4 Å². The van der Waals surface area contributed by atoms with Gasteiger partial charge in [-0.15, -0.1) is 0 Å². The Morgan fingerprint density at radius 2 is 2.16 bits per heavy atom. The zero-order valence-electron chi connectivity index (χ0n) is 10.4. The summed E-state index contributed by atoms with van der Waals surface area (Å²) >= 11 is 0. The molecule has 2 N–H and O–H groups in total. The van der Waals surface area contributed by atoms with Gasteiger partial charge < -0.3 is 15.2 Å². The van der Waals surface area contributed by atoms with Crippen LogP contribution in [0.25, 0.3) is 0 Å². The van der Waals surface area contributed by atoms with Crippen molar-refractivity contribution in [1.82, 2.24) is 9.97 Å². The summed E-state index contributed by atoms with van der Waals surface area (Å²) in [4.78, 5) is 19.7. The van der Waals surface area contributed by atoms with Crippen molar-refractivity contribution in [3.8, 4) is 5.88 Å². The van der Waals surface area contributed by atoms with E-state index in [2.05, 4.69) is 9.97 Å². The highest BCUT2D eigenvalue weighted by molar-refractivity contribution is 5.87. The molecular weight excluding hydrogens is 246 g/mol. The minimum atomic E-state index is -0.524. The van der Waals surface area contributed by atoms with Crippen molar-refractivity contribution in [1.29, 1.82) is 0 Å². The highest BCUT2D eigenvalue weighted by Crippen LogP contribution is 2.09. The number of nitrogens with zero attached hydrogens (tertiary/aromatic N) is 2. The Bertz CT molecular complexity index is 570. The first-order valence-electron chi connectivity index (χ1n) is 5.57. The molecule has 0 aliphatic rings. The molecule has 2 heterocycles. The fourth-order valence-electron chi connectivity index (χ4n) is 1.39. The number of esters is 1. The fraction of sp³-hybridized carbons (Fsp3) is 0.154. The van der Waals surface area contributed by atoms with Crippen LogP contribution in [0.4, 0.5) is 5.69 Å². The number of anilines is 1. The Morgan fingerprint density at radius 3 is 2.84 bits per heavy atom. The lowest BCUT2D eigenvalue weighted by molar-refractivity contribution is 0.0460. The van der Waals surface area contributed by atoms with Crippen molar-refractivity contribution >= 4 is 11.7 Å². The Hall–Kier alpha value is -2.63. The van der Waals surface area contributed by atoms with E-state index in [-0.39, 0.29) is 12.3 Å². The van der Waals surface area contributed by atoms with Crippen molar-refractivity contribution in [3.05, 3.63) is 47.9 Å². The number of carbonyl (C=O) groups excluding carboxylic acids is 1. The molecule has 0 aromatic carbocycles. The summed E-state index contributed by atoms with van der Waals surface area (Å²) < 4.78 is 10.1. The first-order chi connectivity index (χ1) is 9.19. The number of ether oxygens (including phenoxy) is 2. The Labute approximate surface area is 110 Å². The van der Waals surface area contributed by atoms with E-state index in [1.807, 2.05) is 0 Å². The molecule has 2 rings (SSSR count). The molecule has 0 fully saturated rings. The number of nitrogens with two attached hydrogens (primary N) is 1. The molecule has 0 saturated heterocycles. The lowest BCUT2D eigenvalue weighted by Crippen LogP contribution is -2.08. The molecule has 0 unspecified atom stereocenters. The van der Waals surface area contributed by atoms with Crippen molar-refractivity contribution < 1.29 is 14.3 Å². The van der Waals surface area contributed by atoms with Crippen molar-refractivity contribution in [3.63, 3.8) is 0 Å². The molecule has 0 atom stereocenters. The Kier molecular flexibility index (Phi) is 3.92. The number of pyridine rings is 2. The van der Waals surface area contributed by atoms with Crippen LogP contribution in [-0.2, 0) is 11.3 Å². The standard InChI is InChI=1S/C13H13N3O3/c1-18-12-4-2-3-10(16-12)8-19-13(17)11-6-5-9(14)7-15-11/h2-7H,8,14H2,1H3. The third kappa shape index (κ3) is 3.41. The van der Waals surface area contributed by atoms with Crippen LogP contribution < -0.4 is 10.5 Å². The Balaban J connectivity index is 1.98. The molecule has 0 aliphatic heterocycles. The maximum absolute atomic E-state index is 11.7. The van der Waals surface area contributed by atoms with Gasteiger partial charge in [-0.25, -0.2) is 14.8 Å². The lowest BCUT2D eigenvalue weighted by atomic mass is 10.3. The number of rotatable bonds is 4. The topological polar surface area (TPSA) is 87.3 Å². The summed E-state index contributed by atoms with van der Waals surface area (Å²) in [6, 6.07) is 8.33. The van der Waals surface area contributed by atoms with Gasteiger partial charge in [-0.2, -0.15) is 0 Å². The summed E-state index contributed by atoms with van der Waals surface area (Å²) in [6.07, 6.45) is 1.40. The van der Waals surface area contributed by atoms with Gasteiger partial charge in [0.15, 0.2) is 0 Å². The molecule has 0 amide bonds.